The third-order valence-corrected chi connectivity index (χ3v) is 5.74. The maximum Gasteiger partial charge on any atom is 0.341 e. The molecule has 0 bridgehead atoms. The number of aryl methyl sites for hydroxylation is 1. The molecule has 2 N–H and O–H groups in total. The van der Waals surface area contributed by atoms with Gasteiger partial charge in [-0.3, -0.25) is 4.79 Å². The normalized spacial score (nSPS) is 18.0. The molecular weight excluding hydrogens is 300 g/mol. The highest BCUT2D eigenvalue weighted by atomic mass is 32.1. The predicted octanol–water partition coefficient (Wildman–Crippen LogP) is 1.03. The van der Waals surface area contributed by atoms with Crippen LogP contribution in [0.4, 0.5) is 5.00 Å². The van der Waals surface area contributed by atoms with Crippen LogP contribution in [0.2, 0.25) is 0 Å². The van der Waals surface area contributed by atoms with Crippen molar-refractivity contribution in [3.05, 3.63) is 16.0 Å². The summed E-state index contributed by atoms with van der Waals surface area (Å²) >= 11 is 1.55. The molecule has 120 valence electrons. The lowest BCUT2D eigenvalue weighted by molar-refractivity contribution is -0.878. The van der Waals surface area contributed by atoms with Gasteiger partial charge in [0.05, 0.1) is 25.8 Å². The molecule has 1 aliphatic heterocycles. The van der Waals surface area contributed by atoms with Crippen molar-refractivity contribution in [1.82, 2.24) is 0 Å². The summed E-state index contributed by atoms with van der Waals surface area (Å²) in [7, 11) is 1.40. The van der Waals surface area contributed by atoms with Crippen molar-refractivity contribution in [2.24, 2.45) is 0 Å². The number of rotatable bonds is 4. The number of ether oxygens (including phenoxy) is 1. The van der Waals surface area contributed by atoms with Crippen LogP contribution in [0.25, 0.3) is 0 Å². The average molecular weight is 323 g/mol. The van der Waals surface area contributed by atoms with Crippen LogP contribution in [0, 0.1) is 0 Å². The fourth-order valence-electron chi connectivity index (χ4n) is 3.42. The number of carbonyl (C=O) groups is 2. The van der Waals surface area contributed by atoms with Gasteiger partial charge in [0.25, 0.3) is 5.91 Å². The van der Waals surface area contributed by atoms with Gasteiger partial charge in [-0.25, -0.2) is 4.79 Å². The Morgan fingerprint density at radius 3 is 2.64 bits per heavy atom. The first-order valence-electron chi connectivity index (χ1n) is 8.05. The molecule has 1 aromatic heterocycles. The second-order valence-corrected chi connectivity index (χ2v) is 7.19. The summed E-state index contributed by atoms with van der Waals surface area (Å²) in [5, 5.41) is 3.65. The number of nitrogens with one attached hydrogen (secondary N) is 2. The molecule has 6 heteroatoms. The molecule has 1 aromatic rings. The Kier molecular flexibility index (Phi) is 4.78. The van der Waals surface area contributed by atoms with Gasteiger partial charge in [-0.2, -0.15) is 0 Å². The molecule has 2 aliphatic rings. The number of carbonyl (C=O) groups excluding carboxylic acids is 2. The second-order valence-electron chi connectivity index (χ2n) is 6.09. The number of quaternary nitrogens is 1. The first-order valence-corrected chi connectivity index (χ1v) is 8.87. The van der Waals surface area contributed by atoms with Crippen molar-refractivity contribution >= 4 is 28.2 Å². The van der Waals surface area contributed by atoms with E-state index in [4.69, 9.17) is 4.74 Å². The third kappa shape index (κ3) is 3.17. The fourth-order valence-corrected chi connectivity index (χ4v) is 4.72. The van der Waals surface area contributed by atoms with Gasteiger partial charge in [0.15, 0.2) is 6.54 Å². The number of anilines is 1. The summed E-state index contributed by atoms with van der Waals surface area (Å²) in [6.07, 6.45) is 6.55. The van der Waals surface area contributed by atoms with Crippen LogP contribution in [0.3, 0.4) is 0 Å². The minimum atomic E-state index is -0.330. The molecule has 0 aromatic carbocycles. The smallest absolute Gasteiger partial charge is 0.341 e. The summed E-state index contributed by atoms with van der Waals surface area (Å²) in [6, 6.07) is 0. The molecule has 0 spiro atoms. The molecule has 3 rings (SSSR count). The molecule has 1 fully saturated rings. The zero-order chi connectivity index (χ0) is 15.5. The lowest BCUT2D eigenvalue weighted by atomic mass is 9.95. The highest BCUT2D eigenvalue weighted by Crippen LogP contribution is 2.38. The van der Waals surface area contributed by atoms with Crippen molar-refractivity contribution in [3.8, 4) is 0 Å². The summed E-state index contributed by atoms with van der Waals surface area (Å²) in [4.78, 5) is 27.0. The van der Waals surface area contributed by atoms with Gasteiger partial charge < -0.3 is 15.0 Å². The molecule has 1 amide bonds. The van der Waals surface area contributed by atoms with Gasteiger partial charge in [0, 0.05) is 17.7 Å². The van der Waals surface area contributed by atoms with Crippen molar-refractivity contribution in [2.75, 3.05) is 32.1 Å². The van der Waals surface area contributed by atoms with Crippen molar-refractivity contribution in [2.45, 2.75) is 38.5 Å². The van der Waals surface area contributed by atoms with E-state index < -0.39 is 0 Å². The quantitative estimate of drug-likeness (QED) is 0.814. The Morgan fingerprint density at radius 2 is 1.91 bits per heavy atom. The van der Waals surface area contributed by atoms with Gasteiger partial charge in [0.1, 0.15) is 5.00 Å². The van der Waals surface area contributed by atoms with Crippen LogP contribution in [0.5, 0.6) is 0 Å². The number of methoxy groups -OCH3 is 1. The summed E-state index contributed by atoms with van der Waals surface area (Å²) in [5.41, 5.74) is 1.68. The van der Waals surface area contributed by atoms with E-state index in [1.165, 1.54) is 29.7 Å². The van der Waals surface area contributed by atoms with Crippen LogP contribution in [-0.2, 0) is 22.4 Å². The van der Waals surface area contributed by atoms with E-state index in [1.54, 1.807) is 11.3 Å². The third-order valence-electron chi connectivity index (χ3n) is 4.53. The lowest BCUT2D eigenvalue weighted by Crippen LogP contribution is -3.11. The number of thiophene rings is 1. The monoisotopic (exact) mass is 323 g/mol. The Hall–Kier alpha value is -1.40. The Balaban J connectivity index is 1.78. The molecule has 0 saturated carbocycles. The summed E-state index contributed by atoms with van der Waals surface area (Å²) in [6.45, 7) is 2.62. The topological polar surface area (TPSA) is 59.8 Å². The first kappa shape index (κ1) is 15.5. The molecule has 0 radical (unpaired) electrons. The molecule has 0 atom stereocenters. The van der Waals surface area contributed by atoms with Gasteiger partial charge >= 0.3 is 5.97 Å². The Labute approximate surface area is 134 Å². The largest absolute Gasteiger partial charge is 0.465 e. The SMILES string of the molecule is COC(=O)c1c(NC(=O)C[NH+]2CCCC2)sc2c1CCCC2. The number of esters is 1. The number of hydrogen-bond donors (Lipinski definition) is 2. The number of hydrogen-bond acceptors (Lipinski definition) is 4. The van der Waals surface area contributed by atoms with E-state index in [-0.39, 0.29) is 11.9 Å². The molecule has 0 unspecified atom stereocenters. The minimum Gasteiger partial charge on any atom is -0.465 e. The van der Waals surface area contributed by atoms with Crippen LogP contribution in [0.1, 0.15) is 46.5 Å². The van der Waals surface area contributed by atoms with E-state index in [0.29, 0.717) is 17.1 Å². The van der Waals surface area contributed by atoms with Gasteiger partial charge in [0.2, 0.25) is 0 Å². The number of likely N-dealkylation sites (tertiary alicyclic amines) is 1. The maximum absolute atomic E-state index is 12.3. The standard InChI is InChI=1S/C16H22N2O3S/c1-21-16(20)14-11-6-2-3-7-12(11)22-15(14)17-13(19)10-18-8-4-5-9-18/h2-10H2,1H3,(H,17,19)/p+1. The van der Waals surface area contributed by atoms with Crippen molar-refractivity contribution < 1.29 is 19.2 Å². The number of amides is 1. The first-order chi connectivity index (χ1) is 10.7. The zero-order valence-electron chi connectivity index (χ0n) is 13.0. The molecule has 1 saturated heterocycles. The van der Waals surface area contributed by atoms with Crippen molar-refractivity contribution in [3.63, 3.8) is 0 Å². The highest BCUT2D eigenvalue weighted by Gasteiger charge is 2.28. The van der Waals surface area contributed by atoms with Gasteiger partial charge in [-0.1, -0.05) is 0 Å². The molecular formula is C16H23N2O3S+. The van der Waals surface area contributed by atoms with E-state index >= 15 is 0 Å². The predicted molar refractivity (Wildman–Crippen MR) is 85.7 cm³/mol. The van der Waals surface area contributed by atoms with Crippen LogP contribution in [0.15, 0.2) is 0 Å². The van der Waals surface area contributed by atoms with Gasteiger partial charge in [-0.05, 0) is 31.2 Å². The number of fused-ring (bicyclic) bond motifs is 1. The van der Waals surface area contributed by atoms with Crippen LogP contribution >= 0.6 is 11.3 Å². The van der Waals surface area contributed by atoms with Gasteiger partial charge in [-0.15, -0.1) is 11.3 Å². The van der Waals surface area contributed by atoms with E-state index in [1.807, 2.05) is 0 Å². The summed E-state index contributed by atoms with van der Waals surface area (Å²) in [5.74, 6) is -0.330. The fraction of sp³-hybridized carbons (Fsp3) is 0.625. The molecule has 2 heterocycles. The Bertz CT molecular complexity index is 576. The van der Waals surface area contributed by atoms with Crippen LogP contribution < -0.4 is 10.2 Å². The van der Waals surface area contributed by atoms with Crippen LogP contribution in [-0.4, -0.2) is 38.6 Å². The highest BCUT2D eigenvalue weighted by molar-refractivity contribution is 7.17. The molecule has 5 nitrogen and oxygen atoms in total. The second kappa shape index (κ2) is 6.79. The molecule has 22 heavy (non-hydrogen) atoms. The Morgan fingerprint density at radius 1 is 1.18 bits per heavy atom. The van der Waals surface area contributed by atoms with E-state index in [2.05, 4.69) is 5.32 Å². The van der Waals surface area contributed by atoms with Crippen molar-refractivity contribution in [1.29, 1.82) is 0 Å². The molecule has 1 aliphatic carbocycles. The minimum absolute atomic E-state index is 0.000602. The summed E-state index contributed by atoms with van der Waals surface area (Å²) < 4.78 is 4.93. The lowest BCUT2D eigenvalue weighted by Gasteiger charge is -2.12. The van der Waals surface area contributed by atoms with E-state index in [9.17, 15) is 9.59 Å². The zero-order valence-corrected chi connectivity index (χ0v) is 13.8. The maximum atomic E-state index is 12.3. The average Bonchev–Trinajstić information content (AvgIpc) is 3.13. The van der Waals surface area contributed by atoms with E-state index in [0.717, 1.165) is 44.3 Å².